The largest absolute Gasteiger partial charge is 0.496 e. The lowest BCUT2D eigenvalue weighted by molar-refractivity contribution is 0.103. The van der Waals surface area contributed by atoms with E-state index in [-0.39, 0.29) is 5.78 Å². The van der Waals surface area contributed by atoms with Crippen molar-refractivity contribution in [3.05, 3.63) is 58.7 Å². The zero-order valence-corrected chi connectivity index (χ0v) is 11.4. The Hall–Kier alpha value is -2.29. The van der Waals surface area contributed by atoms with Crippen molar-refractivity contribution in [2.24, 2.45) is 0 Å². The summed E-state index contributed by atoms with van der Waals surface area (Å²) in [6, 6.07) is 10.8. The topological polar surface area (TPSA) is 52.3 Å². The number of nitrogen functional groups attached to an aromatic ring is 1. The highest BCUT2D eigenvalue weighted by atomic mass is 16.5. The normalized spacial score (nSPS) is 10.3. The summed E-state index contributed by atoms with van der Waals surface area (Å²) in [7, 11) is 1.62. The van der Waals surface area contributed by atoms with Crippen molar-refractivity contribution in [2.75, 3.05) is 12.8 Å². The maximum absolute atomic E-state index is 12.4. The predicted molar refractivity (Wildman–Crippen MR) is 76.8 cm³/mol. The summed E-state index contributed by atoms with van der Waals surface area (Å²) in [5.41, 5.74) is 9.56. The van der Waals surface area contributed by atoms with Gasteiger partial charge in [0.15, 0.2) is 5.78 Å². The van der Waals surface area contributed by atoms with Gasteiger partial charge in [-0.15, -0.1) is 0 Å². The van der Waals surface area contributed by atoms with E-state index in [0.717, 1.165) is 16.9 Å². The number of hydrogen-bond donors (Lipinski definition) is 1. The molecule has 0 aliphatic rings. The van der Waals surface area contributed by atoms with Crippen LogP contribution >= 0.6 is 0 Å². The fourth-order valence-corrected chi connectivity index (χ4v) is 2.13. The fraction of sp³-hybridized carbons (Fsp3) is 0.188. The van der Waals surface area contributed by atoms with Crippen molar-refractivity contribution < 1.29 is 9.53 Å². The van der Waals surface area contributed by atoms with Crippen LogP contribution < -0.4 is 10.5 Å². The third-order valence-corrected chi connectivity index (χ3v) is 3.02. The number of aryl methyl sites for hydroxylation is 2. The molecule has 2 rings (SSSR count). The molecule has 0 saturated carbocycles. The van der Waals surface area contributed by atoms with Crippen LogP contribution in [-0.4, -0.2) is 12.9 Å². The zero-order valence-electron chi connectivity index (χ0n) is 11.4. The molecule has 0 spiro atoms. The number of rotatable bonds is 3. The zero-order chi connectivity index (χ0) is 14.0. The second-order valence-electron chi connectivity index (χ2n) is 4.65. The average molecular weight is 255 g/mol. The Bertz CT molecular complexity index is 612. The van der Waals surface area contributed by atoms with Crippen LogP contribution in [0.2, 0.25) is 0 Å². The van der Waals surface area contributed by atoms with E-state index in [1.807, 2.05) is 38.1 Å². The minimum Gasteiger partial charge on any atom is -0.496 e. The summed E-state index contributed by atoms with van der Waals surface area (Å²) >= 11 is 0. The third-order valence-electron chi connectivity index (χ3n) is 3.02. The van der Waals surface area contributed by atoms with E-state index >= 15 is 0 Å². The minimum absolute atomic E-state index is 0.0267. The molecule has 0 aromatic heterocycles. The van der Waals surface area contributed by atoms with Gasteiger partial charge in [-0.05, 0) is 61.4 Å². The molecule has 0 radical (unpaired) electrons. The molecule has 0 saturated heterocycles. The molecule has 0 aliphatic carbocycles. The lowest BCUT2D eigenvalue weighted by Gasteiger charge is -2.08. The molecule has 0 aliphatic heterocycles. The highest BCUT2D eigenvalue weighted by molar-refractivity contribution is 6.09. The summed E-state index contributed by atoms with van der Waals surface area (Å²) in [5, 5.41) is 0. The molecule has 0 atom stereocenters. The Morgan fingerprint density at radius 3 is 2.37 bits per heavy atom. The number of methoxy groups -OCH3 is 1. The molecular formula is C16H17NO2. The number of ketones is 1. The smallest absolute Gasteiger partial charge is 0.193 e. The van der Waals surface area contributed by atoms with Crippen molar-refractivity contribution in [3.8, 4) is 5.75 Å². The van der Waals surface area contributed by atoms with Crippen LogP contribution in [0.25, 0.3) is 0 Å². The first-order chi connectivity index (χ1) is 9.01. The number of carbonyl (C=O) groups is 1. The summed E-state index contributed by atoms with van der Waals surface area (Å²) in [6.07, 6.45) is 0. The quantitative estimate of drug-likeness (QED) is 0.677. The molecule has 2 aromatic rings. The average Bonchev–Trinajstić information content (AvgIpc) is 2.36. The van der Waals surface area contributed by atoms with E-state index in [1.165, 1.54) is 0 Å². The number of nitrogens with two attached hydrogens (primary N) is 1. The Balaban J connectivity index is 2.41. The summed E-state index contributed by atoms with van der Waals surface area (Å²) in [5.74, 6) is 0.751. The predicted octanol–water partition coefficient (Wildman–Crippen LogP) is 3.13. The first kappa shape index (κ1) is 13.1. The summed E-state index contributed by atoms with van der Waals surface area (Å²) in [6.45, 7) is 3.84. The maximum Gasteiger partial charge on any atom is 0.193 e. The van der Waals surface area contributed by atoms with Crippen LogP contribution in [0.1, 0.15) is 27.0 Å². The van der Waals surface area contributed by atoms with Gasteiger partial charge in [-0.25, -0.2) is 0 Å². The van der Waals surface area contributed by atoms with Crippen LogP contribution in [0.3, 0.4) is 0 Å². The van der Waals surface area contributed by atoms with Gasteiger partial charge in [0.05, 0.1) is 7.11 Å². The number of benzene rings is 2. The molecule has 0 amide bonds. The number of ether oxygens (including phenoxy) is 1. The third kappa shape index (κ3) is 2.76. The Morgan fingerprint density at radius 2 is 1.79 bits per heavy atom. The van der Waals surface area contributed by atoms with E-state index < -0.39 is 0 Å². The van der Waals surface area contributed by atoms with Gasteiger partial charge in [0, 0.05) is 16.8 Å². The lowest BCUT2D eigenvalue weighted by atomic mass is 9.99. The van der Waals surface area contributed by atoms with E-state index in [9.17, 15) is 4.79 Å². The molecule has 0 heterocycles. The van der Waals surface area contributed by atoms with Gasteiger partial charge in [0.2, 0.25) is 0 Å². The Kier molecular flexibility index (Phi) is 3.56. The van der Waals surface area contributed by atoms with Crippen LogP contribution in [0.15, 0.2) is 36.4 Å². The van der Waals surface area contributed by atoms with Crippen molar-refractivity contribution in [3.63, 3.8) is 0 Å². The van der Waals surface area contributed by atoms with Crippen molar-refractivity contribution in [1.29, 1.82) is 0 Å². The molecule has 98 valence electrons. The highest BCUT2D eigenvalue weighted by Gasteiger charge is 2.11. The first-order valence-electron chi connectivity index (χ1n) is 6.08. The summed E-state index contributed by atoms with van der Waals surface area (Å²) < 4.78 is 5.19. The molecule has 2 N–H and O–H groups in total. The van der Waals surface area contributed by atoms with Gasteiger partial charge >= 0.3 is 0 Å². The molecule has 0 bridgehead atoms. The number of anilines is 1. The van der Waals surface area contributed by atoms with Gasteiger partial charge in [0.1, 0.15) is 5.75 Å². The van der Waals surface area contributed by atoms with Gasteiger partial charge in [-0.1, -0.05) is 0 Å². The standard InChI is InChI=1S/C16H17NO2/c1-10-6-13(9-14(17)7-10)16(18)12-4-5-15(19-3)11(2)8-12/h4-9H,17H2,1-3H3. The van der Waals surface area contributed by atoms with Crippen LogP contribution in [0, 0.1) is 13.8 Å². The summed E-state index contributed by atoms with van der Waals surface area (Å²) in [4.78, 5) is 12.4. The SMILES string of the molecule is COc1ccc(C(=O)c2cc(C)cc(N)c2)cc1C. The van der Waals surface area contributed by atoms with Crippen molar-refractivity contribution in [2.45, 2.75) is 13.8 Å². The molecule has 0 fully saturated rings. The van der Waals surface area contributed by atoms with E-state index in [2.05, 4.69) is 0 Å². The van der Waals surface area contributed by atoms with Crippen LogP contribution in [0.5, 0.6) is 5.75 Å². The maximum atomic E-state index is 12.4. The monoisotopic (exact) mass is 255 g/mol. The molecule has 3 heteroatoms. The first-order valence-corrected chi connectivity index (χ1v) is 6.08. The van der Waals surface area contributed by atoms with E-state index in [0.29, 0.717) is 16.8 Å². The highest BCUT2D eigenvalue weighted by Crippen LogP contribution is 2.21. The Labute approximate surface area is 113 Å². The molecular weight excluding hydrogens is 238 g/mol. The molecule has 19 heavy (non-hydrogen) atoms. The van der Waals surface area contributed by atoms with E-state index in [4.69, 9.17) is 10.5 Å². The van der Waals surface area contributed by atoms with Crippen molar-refractivity contribution >= 4 is 11.5 Å². The van der Waals surface area contributed by atoms with Crippen LogP contribution in [-0.2, 0) is 0 Å². The van der Waals surface area contributed by atoms with Crippen molar-refractivity contribution in [1.82, 2.24) is 0 Å². The molecule has 3 nitrogen and oxygen atoms in total. The van der Waals surface area contributed by atoms with Gasteiger partial charge in [-0.3, -0.25) is 4.79 Å². The number of hydrogen-bond acceptors (Lipinski definition) is 3. The van der Waals surface area contributed by atoms with Crippen LogP contribution in [0.4, 0.5) is 5.69 Å². The van der Waals surface area contributed by atoms with Gasteiger partial charge in [-0.2, -0.15) is 0 Å². The van der Waals surface area contributed by atoms with E-state index in [1.54, 1.807) is 19.2 Å². The second-order valence-corrected chi connectivity index (χ2v) is 4.65. The van der Waals surface area contributed by atoms with Gasteiger partial charge in [0.25, 0.3) is 0 Å². The molecule has 0 unspecified atom stereocenters. The molecule has 2 aromatic carbocycles. The lowest BCUT2D eigenvalue weighted by Crippen LogP contribution is -2.03. The Morgan fingerprint density at radius 1 is 1.05 bits per heavy atom. The van der Waals surface area contributed by atoms with Gasteiger partial charge < -0.3 is 10.5 Å². The minimum atomic E-state index is -0.0267. The fourth-order valence-electron chi connectivity index (χ4n) is 2.13. The number of carbonyl (C=O) groups excluding carboxylic acids is 1. The second kappa shape index (κ2) is 5.14.